The second-order valence-electron chi connectivity index (χ2n) is 4.84. The van der Waals surface area contributed by atoms with Gasteiger partial charge in [-0.25, -0.2) is 9.37 Å². The molecule has 3 nitrogen and oxygen atoms in total. The molecular formula is C14H16Cl2FN3. The van der Waals surface area contributed by atoms with Crippen molar-refractivity contribution in [1.82, 2.24) is 9.97 Å². The lowest BCUT2D eigenvalue weighted by atomic mass is 10.00. The van der Waals surface area contributed by atoms with Gasteiger partial charge in [0.15, 0.2) is 0 Å². The van der Waals surface area contributed by atoms with Gasteiger partial charge in [-0.3, -0.25) is 0 Å². The van der Waals surface area contributed by atoms with Gasteiger partial charge in [0.2, 0.25) is 0 Å². The lowest BCUT2D eigenvalue weighted by Gasteiger charge is -2.15. The molecule has 0 bridgehead atoms. The Morgan fingerprint density at radius 1 is 1.35 bits per heavy atom. The molecular weight excluding hydrogens is 300 g/mol. The Morgan fingerprint density at radius 2 is 2.05 bits per heavy atom. The van der Waals surface area contributed by atoms with Crippen molar-refractivity contribution in [3.8, 4) is 11.3 Å². The van der Waals surface area contributed by atoms with Crippen LogP contribution in [0.2, 0.25) is 10.0 Å². The number of imidazole rings is 1. The van der Waals surface area contributed by atoms with E-state index in [1.807, 2.05) is 0 Å². The van der Waals surface area contributed by atoms with Crippen molar-refractivity contribution in [2.75, 3.05) is 0 Å². The number of halogens is 3. The van der Waals surface area contributed by atoms with Crippen LogP contribution in [0, 0.1) is 11.7 Å². The zero-order valence-electron chi connectivity index (χ0n) is 11.3. The number of benzene rings is 1. The Kier molecular flexibility index (Phi) is 4.68. The molecule has 2 unspecified atom stereocenters. The molecule has 0 aliphatic rings. The molecule has 0 fully saturated rings. The van der Waals surface area contributed by atoms with E-state index in [2.05, 4.69) is 23.8 Å². The van der Waals surface area contributed by atoms with Gasteiger partial charge in [-0.05, 0) is 18.1 Å². The van der Waals surface area contributed by atoms with Gasteiger partial charge in [0.1, 0.15) is 11.6 Å². The molecule has 0 spiro atoms. The van der Waals surface area contributed by atoms with Crippen LogP contribution in [-0.2, 0) is 0 Å². The van der Waals surface area contributed by atoms with Crippen molar-refractivity contribution >= 4 is 23.2 Å². The number of hydrogen-bond acceptors (Lipinski definition) is 2. The van der Waals surface area contributed by atoms with Crippen LogP contribution in [0.3, 0.4) is 0 Å². The standard InChI is InChI=1S/C14H16Cl2FN3/c1-3-7(2)13(18)14-19-6-12(20-14)8-4-11(17)10(16)5-9(8)15/h4-7,13H,3,18H2,1-2H3,(H,19,20). The zero-order chi connectivity index (χ0) is 14.9. The van der Waals surface area contributed by atoms with E-state index in [4.69, 9.17) is 28.9 Å². The van der Waals surface area contributed by atoms with Crippen LogP contribution >= 0.6 is 23.2 Å². The van der Waals surface area contributed by atoms with Crippen LogP contribution < -0.4 is 5.73 Å². The summed E-state index contributed by atoms with van der Waals surface area (Å²) in [6.07, 6.45) is 2.56. The summed E-state index contributed by atoms with van der Waals surface area (Å²) in [4.78, 5) is 7.36. The lowest BCUT2D eigenvalue weighted by Crippen LogP contribution is -2.19. The summed E-state index contributed by atoms with van der Waals surface area (Å²) in [6.45, 7) is 4.13. The third kappa shape index (κ3) is 2.97. The summed E-state index contributed by atoms with van der Waals surface area (Å²) in [7, 11) is 0. The maximum Gasteiger partial charge on any atom is 0.142 e. The molecule has 0 aliphatic heterocycles. The fraction of sp³-hybridized carbons (Fsp3) is 0.357. The van der Waals surface area contributed by atoms with Crippen molar-refractivity contribution in [1.29, 1.82) is 0 Å². The van der Waals surface area contributed by atoms with Crippen molar-refractivity contribution in [3.63, 3.8) is 0 Å². The van der Waals surface area contributed by atoms with E-state index in [-0.39, 0.29) is 11.1 Å². The minimum atomic E-state index is -0.520. The first kappa shape index (κ1) is 15.3. The Balaban J connectivity index is 2.36. The van der Waals surface area contributed by atoms with Gasteiger partial charge in [-0.2, -0.15) is 0 Å². The van der Waals surface area contributed by atoms with E-state index in [1.165, 1.54) is 12.1 Å². The molecule has 108 valence electrons. The van der Waals surface area contributed by atoms with Crippen LogP contribution in [0.25, 0.3) is 11.3 Å². The monoisotopic (exact) mass is 315 g/mol. The smallest absolute Gasteiger partial charge is 0.142 e. The van der Waals surface area contributed by atoms with E-state index in [9.17, 15) is 4.39 Å². The highest BCUT2D eigenvalue weighted by Crippen LogP contribution is 2.32. The van der Waals surface area contributed by atoms with E-state index in [1.54, 1.807) is 6.20 Å². The summed E-state index contributed by atoms with van der Waals surface area (Å²) >= 11 is 11.8. The molecule has 20 heavy (non-hydrogen) atoms. The first-order valence-electron chi connectivity index (χ1n) is 6.39. The molecule has 0 radical (unpaired) electrons. The summed E-state index contributed by atoms with van der Waals surface area (Å²) in [6, 6.07) is 2.48. The second kappa shape index (κ2) is 6.12. The van der Waals surface area contributed by atoms with Gasteiger partial charge in [0.25, 0.3) is 0 Å². The Bertz CT molecular complexity index is 612. The first-order valence-corrected chi connectivity index (χ1v) is 7.15. The molecule has 3 N–H and O–H groups in total. The number of hydrogen-bond donors (Lipinski definition) is 2. The van der Waals surface area contributed by atoms with E-state index >= 15 is 0 Å². The first-order chi connectivity index (χ1) is 9.43. The van der Waals surface area contributed by atoms with Gasteiger partial charge < -0.3 is 10.7 Å². The molecule has 2 rings (SSSR count). The van der Waals surface area contributed by atoms with Gasteiger partial charge >= 0.3 is 0 Å². The van der Waals surface area contributed by atoms with Gasteiger partial charge in [-0.1, -0.05) is 43.5 Å². The van der Waals surface area contributed by atoms with Crippen LogP contribution in [0.15, 0.2) is 18.3 Å². The maximum absolute atomic E-state index is 13.5. The minimum absolute atomic E-state index is 0.00482. The molecule has 2 aromatic rings. The predicted molar refractivity (Wildman–Crippen MR) is 80.4 cm³/mol. The van der Waals surface area contributed by atoms with E-state index in [0.29, 0.717) is 28.0 Å². The number of nitrogens with one attached hydrogen (secondary N) is 1. The van der Waals surface area contributed by atoms with E-state index < -0.39 is 5.82 Å². The molecule has 0 aliphatic carbocycles. The third-order valence-electron chi connectivity index (χ3n) is 3.47. The number of nitrogens with zero attached hydrogens (tertiary/aromatic N) is 1. The number of rotatable bonds is 4. The largest absolute Gasteiger partial charge is 0.341 e. The Labute approximate surface area is 127 Å². The number of H-pyrrole nitrogens is 1. The summed E-state index contributed by atoms with van der Waals surface area (Å²) in [5, 5.41) is 0.360. The zero-order valence-corrected chi connectivity index (χ0v) is 12.8. The Hall–Kier alpha value is -1.10. The molecule has 1 aromatic carbocycles. The SMILES string of the molecule is CCC(C)C(N)c1ncc(-c2cc(F)c(Cl)cc2Cl)[nH]1. The average molecular weight is 316 g/mol. The van der Waals surface area contributed by atoms with Crippen LogP contribution in [0.4, 0.5) is 4.39 Å². The maximum atomic E-state index is 13.5. The quantitative estimate of drug-likeness (QED) is 0.812. The second-order valence-corrected chi connectivity index (χ2v) is 5.65. The average Bonchev–Trinajstić information content (AvgIpc) is 2.90. The molecule has 0 amide bonds. The van der Waals surface area contributed by atoms with Crippen molar-refractivity contribution < 1.29 is 4.39 Å². The normalized spacial score (nSPS) is 14.3. The number of nitrogens with two attached hydrogens (primary N) is 1. The van der Waals surface area contributed by atoms with Gasteiger partial charge in [0, 0.05) is 5.56 Å². The van der Waals surface area contributed by atoms with Gasteiger partial charge in [0.05, 0.1) is 28.0 Å². The highest BCUT2D eigenvalue weighted by molar-refractivity contribution is 6.36. The molecule has 1 heterocycles. The van der Waals surface area contributed by atoms with E-state index in [0.717, 1.165) is 6.42 Å². The topological polar surface area (TPSA) is 54.7 Å². The fourth-order valence-electron chi connectivity index (χ4n) is 1.90. The van der Waals surface area contributed by atoms with Crippen LogP contribution in [0.1, 0.15) is 32.1 Å². The molecule has 0 saturated carbocycles. The number of aromatic amines is 1. The van der Waals surface area contributed by atoms with Crippen molar-refractivity contribution in [2.24, 2.45) is 11.7 Å². The molecule has 2 atom stereocenters. The molecule has 0 saturated heterocycles. The summed E-state index contributed by atoms with van der Waals surface area (Å²) in [5.41, 5.74) is 7.25. The van der Waals surface area contributed by atoms with Crippen LogP contribution in [0.5, 0.6) is 0 Å². The van der Waals surface area contributed by atoms with Crippen molar-refractivity contribution in [2.45, 2.75) is 26.3 Å². The fourth-order valence-corrected chi connectivity index (χ4v) is 2.38. The molecule has 1 aromatic heterocycles. The lowest BCUT2D eigenvalue weighted by molar-refractivity contribution is 0.441. The molecule has 6 heteroatoms. The third-order valence-corrected chi connectivity index (χ3v) is 4.07. The summed E-state index contributed by atoms with van der Waals surface area (Å²) in [5.74, 6) is 0.445. The highest BCUT2D eigenvalue weighted by Gasteiger charge is 2.18. The minimum Gasteiger partial charge on any atom is -0.341 e. The van der Waals surface area contributed by atoms with Gasteiger partial charge in [-0.15, -0.1) is 0 Å². The highest BCUT2D eigenvalue weighted by atomic mass is 35.5. The van der Waals surface area contributed by atoms with Crippen LogP contribution in [-0.4, -0.2) is 9.97 Å². The van der Waals surface area contributed by atoms with Crippen molar-refractivity contribution in [3.05, 3.63) is 40.0 Å². The number of aromatic nitrogens is 2. The predicted octanol–water partition coefficient (Wildman–Crippen LogP) is 4.57. The Morgan fingerprint density at radius 3 is 2.70 bits per heavy atom. The summed E-state index contributed by atoms with van der Waals surface area (Å²) < 4.78 is 13.5.